The molecule has 0 aliphatic heterocycles. The van der Waals surface area contributed by atoms with Crippen molar-refractivity contribution >= 4 is 5.91 Å². The van der Waals surface area contributed by atoms with Crippen molar-refractivity contribution in [1.82, 2.24) is 15.1 Å². The molecule has 118 valence electrons. The molecule has 1 aromatic carbocycles. The minimum Gasteiger partial charge on any atom is -0.489 e. The summed E-state index contributed by atoms with van der Waals surface area (Å²) in [6.45, 7) is 7.04. The zero-order valence-corrected chi connectivity index (χ0v) is 13.4. The number of amides is 1. The van der Waals surface area contributed by atoms with Crippen molar-refractivity contribution in [3.05, 3.63) is 47.8 Å². The van der Waals surface area contributed by atoms with Gasteiger partial charge >= 0.3 is 0 Å². The van der Waals surface area contributed by atoms with Crippen molar-refractivity contribution in [2.75, 3.05) is 6.54 Å². The Morgan fingerprint density at radius 2 is 2.00 bits per heavy atom. The number of benzene rings is 1. The molecule has 0 saturated carbocycles. The Morgan fingerprint density at radius 3 is 2.64 bits per heavy atom. The highest BCUT2D eigenvalue weighted by atomic mass is 16.5. The molecule has 1 aromatic heterocycles. The quantitative estimate of drug-likeness (QED) is 0.854. The molecule has 5 nitrogen and oxygen atoms in total. The summed E-state index contributed by atoms with van der Waals surface area (Å²) < 4.78 is 7.53. The SMILES string of the molecule is Cc1ccc(O[C@H](C)CNC(=O)CCn2cc(C)cn2)cc1. The zero-order chi connectivity index (χ0) is 15.9. The molecular formula is C17H23N3O2. The minimum absolute atomic E-state index is 0.00695. The van der Waals surface area contributed by atoms with E-state index < -0.39 is 0 Å². The number of nitrogens with zero attached hydrogens (tertiary/aromatic N) is 2. The molecule has 0 aliphatic rings. The summed E-state index contributed by atoms with van der Waals surface area (Å²) in [6, 6.07) is 7.89. The fraction of sp³-hybridized carbons (Fsp3) is 0.412. The summed E-state index contributed by atoms with van der Waals surface area (Å²) in [4.78, 5) is 11.8. The summed E-state index contributed by atoms with van der Waals surface area (Å²) >= 11 is 0. The smallest absolute Gasteiger partial charge is 0.221 e. The number of nitrogens with one attached hydrogen (secondary N) is 1. The van der Waals surface area contributed by atoms with Gasteiger partial charge in [-0.1, -0.05) is 17.7 Å². The maximum atomic E-state index is 11.8. The maximum Gasteiger partial charge on any atom is 0.221 e. The molecule has 0 aliphatic carbocycles. The van der Waals surface area contributed by atoms with Crippen LogP contribution >= 0.6 is 0 Å². The third kappa shape index (κ3) is 5.24. The number of hydrogen-bond donors (Lipinski definition) is 1. The monoisotopic (exact) mass is 301 g/mol. The van der Waals surface area contributed by atoms with Gasteiger partial charge < -0.3 is 10.1 Å². The Bertz CT molecular complexity index is 605. The van der Waals surface area contributed by atoms with Crippen LogP contribution in [0, 0.1) is 13.8 Å². The zero-order valence-electron chi connectivity index (χ0n) is 13.4. The lowest BCUT2D eigenvalue weighted by atomic mass is 10.2. The molecule has 1 atom stereocenters. The third-order valence-electron chi connectivity index (χ3n) is 3.28. The van der Waals surface area contributed by atoms with Gasteiger partial charge in [0, 0.05) is 19.2 Å². The third-order valence-corrected chi connectivity index (χ3v) is 3.28. The van der Waals surface area contributed by atoms with Gasteiger partial charge in [0.1, 0.15) is 11.9 Å². The summed E-state index contributed by atoms with van der Waals surface area (Å²) in [5, 5.41) is 7.04. The van der Waals surface area contributed by atoms with Crippen LogP contribution in [0.3, 0.4) is 0 Å². The van der Waals surface area contributed by atoms with Crippen LogP contribution in [-0.2, 0) is 11.3 Å². The van der Waals surface area contributed by atoms with Gasteiger partial charge in [-0.25, -0.2) is 0 Å². The van der Waals surface area contributed by atoms with E-state index in [0.717, 1.165) is 11.3 Å². The standard InChI is InChI=1S/C17H23N3O2/c1-13-4-6-16(7-5-13)22-15(3)11-18-17(21)8-9-20-12-14(2)10-19-20/h4-7,10,12,15H,8-9,11H2,1-3H3,(H,18,21)/t15-/m1/s1. The van der Waals surface area contributed by atoms with Crippen molar-refractivity contribution in [3.63, 3.8) is 0 Å². The van der Waals surface area contributed by atoms with Crippen LogP contribution in [0.25, 0.3) is 0 Å². The summed E-state index contributed by atoms with van der Waals surface area (Å²) in [7, 11) is 0. The van der Waals surface area contributed by atoms with Gasteiger partial charge in [0.2, 0.25) is 5.91 Å². The second-order valence-corrected chi connectivity index (χ2v) is 5.58. The number of aromatic nitrogens is 2. The molecule has 0 unspecified atom stereocenters. The van der Waals surface area contributed by atoms with E-state index in [9.17, 15) is 4.79 Å². The highest BCUT2D eigenvalue weighted by molar-refractivity contribution is 5.75. The number of aryl methyl sites for hydroxylation is 3. The molecular weight excluding hydrogens is 278 g/mol. The first-order valence-corrected chi connectivity index (χ1v) is 7.52. The first-order valence-electron chi connectivity index (χ1n) is 7.52. The molecule has 1 N–H and O–H groups in total. The topological polar surface area (TPSA) is 56.1 Å². The van der Waals surface area contributed by atoms with Gasteiger partial charge in [-0.2, -0.15) is 5.10 Å². The Labute approximate surface area is 131 Å². The van der Waals surface area contributed by atoms with E-state index in [1.165, 1.54) is 5.56 Å². The van der Waals surface area contributed by atoms with Gasteiger partial charge in [-0.15, -0.1) is 0 Å². The molecule has 22 heavy (non-hydrogen) atoms. The molecule has 0 bridgehead atoms. The largest absolute Gasteiger partial charge is 0.489 e. The summed E-state index contributed by atoms with van der Waals surface area (Å²) in [5.41, 5.74) is 2.29. The van der Waals surface area contributed by atoms with Gasteiger partial charge in [0.15, 0.2) is 0 Å². The van der Waals surface area contributed by atoms with Crippen LogP contribution in [-0.4, -0.2) is 28.3 Å². The van der Waals surface area contributed by atoms with Gasteiger partial charge in [-0.3, -0.25) is 9.48 Å². The summed E-state index contributed by atoms with van der Waals surface area (Å²) in [6.07, 6.45) is 4.06. The fourth-order valence-corrected chi connectivity index (χ4v) is 2.04. The molecule has 2 aromatic rings. The molecule has 0 saturated heterocycles. The first kappa shape index (κ1) is 16.1. The van der Waals surface area contributed by atoms with E-state index in [1.54, 1.807) is 10.9 Å². The highest BCUT2D eigenvalue weighted by Crippen LogP contribution is 2.12. The predicted octanol–water partition coefficient (Wildman–Crippen LogP) is 2.47. The van der Waals surface area contributed by atoms with Crippen molar-refractivity contribution in [2.45, 2.75) is 39.8 Å². The minimum atomic E-state index is -0.0707. The van der Waals surface area contributed by atoms with Crippen LogP contribution in [0.5, 0.6) is 5.75 Å². The van der Waals surface area contributed by atoms with E-state index in [0.29, 0.717) is 19.5 Å². The van der Waals surface area contributed by atoms with E-state index in [4.69, 9.17) is 4.74 Å². The molecule has 2 rings (SSSR count). The predicted molar refractivity (Wildman–Crippen MR) is 85.9 cm³/mol. The first-order chi connectivity index (χ1) is 10.5. The lowest BCUT2D eigenvalue weighted by Crippen LogP contribution is -2.34. The van der Waals surface area contributed by atoms with E-state index >= 15 is 0 Å². The lowest BCUT2D eigenvalue weighted by Gasteiger charge is -2.15. The maximum absolute atomic E-state index is 11.8. The van der Waals surface area contributed by atoms with Crippen LogP contribution in [0.2, 0.25) is 0 Å². The Kier molecular flexibility index (Phi) is 5.58. The molecule has 0 fully saturated rings. The Hall–Kier alpha value is -2.30. The second kappa shape index (κ2) is 7.64. The van der Waals surface area contributed by atoms with Gasteiger partial charge in [-0.05, 0) is 38.5 Å². The molecule has 1 amide bonds. The Balaban J connectivity index is 1.68. The van der Waals surface area contributed by atoms with Crippen molar-refractivity contribution in [1.29, 1.82) is 0 Å². The van der Waals surface area contributed by atoms with E-state index in [1.807, 2.05) is 51.2 Å². The average Bonchev–Trinajstić information content (AvgIpc) is 2.91. The number of carbonyl (C=O) groups excluding carboxylic acids is 1. The van der Waals surface area contributed by atoms with Crippen LogP contribution in [0.4, 0.5) is 0 Å². The van der Waals surface area contributed by atoms with Crippen LogP contribution < -0.4 is 10.1 Å². The number of hydrogen-bond acceptors (Lipinski definition) is 3. The van der Waals surface area contributed by atoms with Crippen molar-refractivity contribution in [3.8, 4) is 5.75 Å². The van der Waals surface area contributed by atoms with Crippen LogP contribution in [0.15, 0.2) is 36.7 Å². The van der Waals surface area contributed by atoms with Crippen LogP contribution in [0.1, 0.15) is 24.5 Å². The molecule has 0 spiro atoms. The molecule has 5 heteroatoms. The average molecular weight is 301 g/mol. The number of rotatable bonds is 7. The van der Waals surface area contributed by atoms with Crippen molar-refractivity contribution < 1.29 is 9.53 Å². The highest BCUT2D eigenvalue weighted by Gasteiger charge is 2.07. The number of carbonyl (C=O) groups is 1. The number of ether oxygens (including phenoxy) is 1. The summed E-state index contributed by atoms with van der Waals surface area (Å²) in [5.74, 6) is 0.826. The molecule has 0 radical (unpaired) electrons. The van der Waals surface area contributed by atoms with Crippen molar-refractivity contribution in [2.24, 2.45) is 0 Å². The second-order valence-electron chi connectivity index (χ2n) is 5.58. The van der Waals surface area contributed by atoms with E-state index in [-0.39, 0.29) is 12.0 Å². The molecule has 1 heterocycles. The normalized spacial score (nSPS) is 12.0. The van der Waals surface area contributed by atoms with Gasteiger partial charge in [0.25, 0.3) is 0 Å². The van der Waals surface area contributed by atoms with Gasteiger partial charge in [0.05, 0.1) is 12.7 Å². The lowest BCUT2D eigenvalue weighted by molar-refractivity contribution is -0.121. The fourth-order valence-electron chi connectivity index (χ4n) is 2.04. The van der Waals surface area contributed by atoms with E-state index in [2.05, 4.69) is 10.4 Å². The Morgan fingerprint density at radius 1 is 1.27 bits per heavy atom.